The first-order valence-corrected chi connectivity index (χ1v) is 10.0. The molecule has 0 aliphatic heterocycles. The Morgan fingerprint density at radius 2 is 0.794 bits per heavy atom. The molecule has 0 bridgehead atoms. The summed E-state index contributed by atoms with van der Waals surface area (Å²) in [5, 5.41) is -4.73. The maximum Gasteiger partial charge on any atom is 0.0636 e. The summed E-state index contributed by atoms with van der Waals surface area (Å²) < 4.78 is 193. The number of benzene rings is 7. The summed E-state index contributed by atoms with van der Waals surface area (Å²) >= 11 is 0. The van der Waals surface area contributed by atoms with Crippen molar-refractivity contribution in [2.45, 2.75) is 0 Å². The SMILES string of the molecule is [2H]c1c([2H])c([2H])c(-c2c3c([2H])c([2H])c([2H])c([2H])c3c(-c3c([2H])c4c([2H])c([2H])c([2H])c([2H])c4c4c([2H])c([2H])c([2H])c([2H])c34)c3c([2H])c([2H])c([2H])c([2H])c23)c([2H])c1[2H]. The molecule has 0 aliphatic carbocycles. The van der Waals surface area contributed by atoms with Crippen LogP contribution in [-0.2, 0) is 0 Å². The second kappa shape index (κ2) is 7.57. The van der Waals surface area contributed by atoms with Crippen molar-refractivity contribution in [2.75, 3.05) is 0 Å². The average molecular weight is 453 g/mol. The molecule has 0 atom stereocenters. The lowest BCUT2D eigenvalue weighted by Gasteiger charge is -2.19. The molecule has 0 aliphatic rings. The highest BCUT2D eigenvalue weighted by Crippen LogP contribution is 2.46. The van der Waals surface area contributed by atoms with E-state index >= 15 is 0 Å². The van der Waals surface area contributed by atoms with Gasteiger partial charge in [0.1, 0.15) is 0 Å². The number of fused-ring (bicyclic) bond motifs is 5. The zero-order valence-corrected chi connectivity index (χ0v) is 17.0. The van der Waals surface area contributed by atoms with Gasteiger partial charge < -0.3 is 0 Å². The lowest BCUT2D eigenvalue weighted by atomic mass is 9.84. The zero-order chi connectivity index (χ0) is 41.6. The predicted molar refractivity (Wildman–Crippen MR) is 147 cm³/mol. The molecule has 158 valence electrons. The molecule has 7 aromatic rings. The van der Waals surface area contributed by atoms with Gasteiger partial charge in [-0.2, -0.15) is 0 Å². The third-order valence-corrected chi connectivity index (χ3v) is 5.50. The first-order chi connectivity index (χ1) is 26.0. The van der Waals surface area contributed by atoms with Crippen LogP contribution in [0.3, 0.4) is 0 Å². The molecule has 0 unspecified atom stereocenters. The van der Waals surface area contributed by atoms with Gasteiger partial charge >= 0.3 is 0 Å². The van der Waals surface area contributed by atoms with Gasteiger partial charge in [-0.3, -0.25) is 0 Å². The van der Waals surface area contributed by atoms with E-state index in [4.69, 9.17) is 26.0 Å². The van der Waals surface area contributed by atoms with Gasteiger partial charge in [0.2, 0.25) is 0 Å². The summed E-state index contributed by atoms with van der Waals surface area (Å²) in [5.74, 6) is 0. The summed E-state index contributed by atoms with van der Waals surface area (Å²) in [6, 6.07) is -19.2. The van der Waals surface area contributed by atoms with Gasteiger partial charge in [0, 0.05) is 0 Å². The summed E-state index contributed by atoms with van der Waals surface area (Å²) in [5.41, 5.74) is -2.59. The van der Waals surface area contributed by atoms with E-state index in [1.807, 2.05) is 0 Å². The van der Waals surface area contributed by atoms with Crippen LogP contribution in [0.2, 0.25) is 0 Å². The Balaban J connectivity index is 2.01. The molecule has 7 rings (SSSR count). The zero-order valence-electron chi connectivity index (χ0n) is 39.0. The van der Waals surface area contributed by atoms with Crippen molar-refractivity contribution >= 4 is 43.1 Å². The normalized spacial score (nSPS) is 20.6. The van der Waals surface area contributed by atoms with Crippen LogP contribution in [0.25, 0.3) is 65.3 Å². The Labute approximate surface area is 229 Å². The van der Waals surface area contributed by atoms with Gasteiger partial charge in [0.25, 0.3) is 0 Å². The minimum Gasteiger partial charge on any atom is -0.0622 e. The molecule has 0 saturated heterocycles. The molecule has 0 aromatic heterocycles. The third-order valence-electron chi connectivity index (χ3n) is 5.50. The second-order valence-corrected chi connectivity index (χ2v) is 7.25. The van der Waals surface area contributed by atoms with Gasteiger partial charge in [-0.1, -0.05) is 127 Å². The molecule has 0 saturated carbocycles. The number of rotatable bonds is 2. The molecule has 0 radical (unpaired) electrons. The lowest BCUT2D eigenvalue weighted by molar-refractivity contribution is 1.67. The van der Waals surface area contributed by atoms with Crippen LogP contribution in [0.1, 0.15) is 30.2 Å². The molecule has 34 heavy (non-hydrogen) atoms. The maximum atomic E-state index is 9.60. The minimum atomic E-state index is -0.920. The Morgan fingerprint density at radius 1 is 0.353 bits per heavy atom. The molecular formula is C34H22. The van der Waals surface area contributed by atoms with Gasteiger partial charge in [-0.25, -0.2) is 0 Å². The average Bonchev–Trinajstić information content (AvgIpc) is 3.17. The van der Waals surface area contributed by atoms with Crippen molar-refractivity contribution in [2.24, 2.45) is 0 Å². The summed E-state index contributed by atoms with van der Waals surface area (Å²) in [6.45, 7) is 0. The van der Waals surface area contributed by atoms with Crippen LogP contribution in [0.4, 0.5) is 0 Å². The lowest BCUT2D eigenvalue weighted by Crippen LogP contribution is -1.92. The first kappa shape index (κ1) is 7.29. The Morgan fingerprint density at radius 3 is 1.41 bits per heavy atom. The Kier molecular flexibility index (Phi) is 1.62. The van der Waals surface area contributed by atoms with E-state index in [0.717, 1.165) is 0 Å². The molecule has 0 heteroatoms. The molecule has 0 N–H and O–H groups in total. The summed E-state index contributed by atoms with van der Waals surface area (Å²) in [7, 11) is 0. The van der Waals surface area contributed by atoms with Crippen LogP contribution in [-0.4, -0.2) is 0 Å². The summed E-state index contributed by atoms with van der Waals surface area (Å²) in [4.78, 5) is 0. The fourth-order valence-electron chi connectivity index (χ4n) is 4.16. The fourth-order valence-corrected chi connectivity index (χ4v) is 4.16. The van der Waals surface area contributed by atoms with E-state index in [1.54, 1.807) is 0 Å². The fraction of sp³-hybridized carbons (Fsp3) is 0. The van der Waals surface area contributed by atoms with Crippen molar-refractivity contribution in [3.8, 4) is 22.3 Å². The van der Waals surface area contributed by atoms with E-state index < -0.39 is 198 Å². The van der Waals surface area contributed by atoms with Crippen molar-refractivity contribution in [1.29, 1.82) is 0 Å². The van der Waals surface area contributed by atoms with Crippen LogP contribution in [0.5, 0.6) is 0 Å². The van der Waals surface area contributed by atoms with Crippen LogP contribution >= 0.6 is 0 Å². The second-order valence-electron chi connectivity index (χ2n) is 7.25. The van der Waals surface area contributed by atoms with Crippen molar-refractivity contribution in [3.63, 3.8) is 0 Å². The Bertz CT molecular complexity index is 2930. The van der Waals surface area contributed by atoms with E-state index in [0.29, 0.717) is 0 Å². The predicted octanol–water partition coefficient (Wildman–Crippen LogP) is 9.63. The van der Waals surface area contributed by atoms with Crippen LogP contribution in [0.15, 0.2) is 133 Å². The largest absolute Gasteiger partial charge is 0.0636 e. The molecule has 0 heterocycles. The topological polar surface area (TPSA) is 0 Å². The standard InChI is InChI=1S/C34H22/c1-2-12-23(13-3-1)33-28-18-8-10-20-30(28)34(31-21-11-9-19-29(31)33)32-22-24-14-4-5-15-25(24)26-16-6-7-17-27(26)32/h1-22H/i1D,2D,3D,4D,5D,6D,7D,8D,9D,10D,11D,12D,13D,14D,15D,16D,17D,18D,19D,20D,21D,22D. The van der Waals surface area contributed by atoms with Crippen molar-refractivity contribution in [1.82, 2.24) is 0 Å². The van der Waals surface area contributed by atoms with E-state index in [-0.39, 0.29) is 0 Å². The number of hydrogen-bond acceptors (Lipinski definition) is 0. The molecule has 7 aromatic carbocycles. The van der Waals surface area contributed by atoms with Gasteiger partial charge in [-0.05, 0) is 71.4 Å². The quantitative estimate of drug-likeness (QED) is 0.181. The van der Waals surface area contributed by atoms with Gasteiger partial charge in [-0.15, -0.1) is 0 Å². The van der Waals surface area contributed by atoms with E-state index in [9.17, 15) is 4.11 Å². The number of hydrogen-bond donors (Lipinski definition) is 0. The first-order valence-electron chi connectivity index (χ1n) is 21.0. The monoisotopic (exact) mass is 452 g/mol. The molecular weight excluding hydrogens is 408 g/mol. The van der Waals surface area contributed by atoms with Gasteiger partial charge in [0.05, 0.1) is 30.2 Å². The maximum absolute atomic E-state index is 9.60. The molecule has 0 fully saturated rings. The smallest absolute Gasteiger partial charge is 0.0622 e. The van der Waals surface area contributed by atoms with Crippen LogP contribution in [0, 0.1) is 0 Å². The van der Waals surface area contributed by atoms with Crippen molar-refractivity contribution < 1.29 is 30.2 Å². The van der Waals surface area contributed by atoms with E-state index in [2.05, 4.69) is 0 Å². The molecule has 0 nitrogen and oxygen atoms in total. The summed E-state index contributed by atoms with van der Waals surface area (Å²) in [6.07, 6.45) is 0. The molecule has 0 amide bonds. The highest BCUT2D eigenvalue weighted by atomic mass is 14.2. The van der Waals surface area contributed by atoms with Crippen LogP contribution < -0.4 is 0 Å². The minimum absolute atomic E-state index is 0.486. The van der Waals surface area contributed by atoms with E-state index in [1.165, 1.54) is 0 Å². The van der Waals surface area contributed by atoms with Gasteiger partial charge in [0.15, 0.2) is 0 Å². The third kappa shape index (κ3) is 2.79. The van der Waals surface area contributed by atoms with Crippen molar-refractivity contribution in [3.05, 3.63) is 133 Å². The molecule has 0 spiro atoms. The Hall–Kier alpha value is -4.42. The highest BCUT2D eigenvalue weighted by molar-refractivity contribution is 6.25. The highest BCUT2D eigenvalue weighted by Gasteiger charge is 2.18.